The van der Waals surface area contributed by atoms with Crippen molar-refractivity contribution in [1.29, 1.82) is 0 Å². The third-order valence-electron chi connectivity index (χ3n) is 1.70. The van der Waals surface area contributed by atoms with E-state index >= 15 is 0 Å². The lowest BCUT2D eigenvalue weighted by Crippen LogP contribution is -2.29. The zero-order valence-corrected chi connectivity index (χ0v) is 9.46. The van der Waals surface area contributed by atoms with E-state index in [1.165, 1.54) is 0 Å². The largest absolute Gasteiger partial charge is 0.476 e. The van der Waals surface area contributed by atoms with Crippen molar-refractivity contribution in [3.05, 3.63) is 30.3 Å². The Hall–Kier alpha value is -1.07. The van der Waals surface area contributed by atoms with Gasteiger partial charge in [-0.05, 0) is 18.6 Å². The van der Waals surface area contributed by atoms with Crippen molar-refractivity contribution in [1.82, 2.24) is 4.72 Å². The van der Waals surface area contributed by atoms with Crippen LogP contribution in [-0.4, -0.2) is 20.9 Å². The topological polar surface area (TPSA) is 55.4 Å². The molecule has 0 spiro atoms. The molecule has 0 atom stereocenters. The van der Waals surface area contributed by atoms with Crippen molar-refractivity contribution in [2.75, 3.05) is 12.5 Å². The molecule has 0 saturated heterocycles. The molecule has 0 aliphatic carbocycles. The number of hydrogen-bond donors (Lipinski definition) is 1. The lowest BCUT2D eigenvalue weighted by Gasteiger charge is -2.07. The Labute approximate surface area is 90.3 Å². The molecule has 84 valence electrons. The fourth-order valence-corrected chi connectivity index (χ4v) is 1.85. The molecule has 0 amide bonds. The van der Waals surface area contributed by atoms with Gasteiger partial charge in [0.2, 0.25) is 16.0 Å². The molecule has 0 bridgehead atoms. The Morgan fingerprint density at radius 3 is 2.53 bits per heavy atom. The molecular formula is C10H15NO3S. The van der Waals surface area contributed by atoms with E-state index in [4.69, 9.17) is 4.74 Å². The van der Waals surface area contributed by atoms with Crippen LogP contribution in [0, 0.1) is 0 Å². The molecule has 0 saturated carbocycles. The van der Waals surface area contributed by atoms with Crippen LogP contribution in [0.3, 0.4) is 0 Å². The SMILES string of the molecule is CCCNS(=O)(=O)COc1ccccc1. The monoisotopic (exact) mass is 229 g/mol. The molecule has 0 heterocycles. The van der Waals surface area contributed by atoms with E-state index in [-0.39, 0.29) is 5.94 Å². The summed E-state index contributed by atoms with van der Waals surface area (Å²) in [7, 11) is -3.31. The Balaban J connectivity index is 2.43. The van der Waals surface area contributed by atoms with Crippen molar-refractivity contribution >= 4 is 10.0 Å². The van der Waals surface area contributed by atoms with Crippen molar-refractivity contribution in [2.24, 2.45) is 0 Å². The molecule has 0 aromatic heterocycles. The van der Waals surface area contributed by atoms with Crippen molar-refractivity contribution in [3.8, 4) is 5.75 Å². The number of sulfonamides is 1. The molecule has 1 N–H and O–H groups in total. The van der Waals surface area contributed by atoms with Gasteiger partial charge in [-0.15, -0.1) is 0 Å². The number of rotatable bonds is 6. The lowest BCUT2D eigenvalue weighted by molar-refractivity contribution is 0.374. The zero-order chi connectivity index (χ0) is 11.1. The van der Waals surface area contributed by atoms with Crippen LogP contribution >= 0.6 is 0 Å². The van der Waals surface area contributed by atoms with Gasteiger partial charge in [-0.1, -0.05) is 25.1 Å². The van der Waals surface area contributed by atoms with Gasteiger partial charge in [0, 0.05) is 6.54 Å². The van der Waals surface area contributed by atoms with Gasteiger partial charge >= 0.3 is 0 Å². The van der Waals surface area contributed by atoms with Crippen LogP contribution in [0.2, 0.25) is 0 Å². The Bertz CT molecular complexity index is 375. The van der Waals surface area contributed by atoms with Crippen molar-refractivity contribution in [2.45, 2.75) is 13.3 Å². The van der Waals surface area contributed by atoms with Gasteiger partial charge < -0.3 is 4.74 Å². The standard InChI is InChI=1S/C10H15NO3S/c1-2-8-11-15(12,13)9-14-10-6-4-3-5-7-10/h3-7,11H,2,8-9H2,1H3. The summed E-state index contributed by atoms with van der Waals surface area (Å²) >= 11 is 0. The van der Waals surface area contributed by atoms with Crippen molar-refractivity contribution < 1.29 is 13.2 Å². The van der Waals surface area contributed by atoms with E-state index < -0.39 is 10.0 Å². The van der Waals surface area contributed by atoms with Gasteiger partial charge in [-0.25, -0.2) is 13.1 Å². The summed E-state index contributed by atoms with van der Waals surface area (Å²) in [5, 5.41) is 0. The van der Waals surface area contributed by atoms with Gasteiger partial charge in [-0.2, -0.15) is 0 Å². The van der Waals surface area contributed by atoms with E-state index in [1.807, 2.05) is 13.0 Å². The highest BCUT2D eigenvalue weighted by molar-refractivity contribution is 7.89. The van der Waals surface area contributed by atoms with Crippen LogP contribution < -0.4 is 9.46 Å². The number of para-hydroxylation sites is 1. The van der Waals surface area contributed by atoms with Gasteiger partial charge in [-0.3, -0.25) is 0 Å². The fraction of sp³-hybridized carbons (Fsp3) is 0.400. The third kappa shape index (κ3) is 4.80. The Kier molecular flexibility index (Phi) is 4.58. The van der Waals surface area contributed by atoms with Crippen molar-refractivity contribution in [3.63, 3.8) is 0 Å². The maximum absolute atomic E-state index is 11.3. The van der Waals surface area contributed by atoms with Gasteiger partial charge in [0.15, 0.2) is 0 Å². The molecular weight excluding hydrogens is 214 g/mol. The minimum absolute atomic E-state index is 0.336. The van der Waals surface area contributed by atoms with Crippen LogP contribution in [-0.2, 0) is 10.0 Å². The quantitative estimate of drug-likeness (QED) is 0.801. The molecule has 0 radical (unpaired) electrons. The summed E-state index contributed by atoms with van der Waals surface area (Å²) < 4.78 is 30.2. The predicted molar refractivity (Wildman–Crippen MR) is 59.2 cm³/mol. The number of ether oxygens (including phenoxy) is 1. The minimum atomic E-state index is -3.31. The summed E-state index contributed by atoms with van der Waals surface area (Å²) in [6.45, 7) is 2.35. The van der Waals surface area contributed by atoms with Crippen LogP contribution in [0.25, 0.3) is 0 Å². The van der Waals surface area contributed by atoms with Crippen LogP contribution in [0.4, 0.5) is 0 Å². The van der Waals surface area contributed by atoms with Crippen LogP contribution in [0.5, 0.6) is 5.75 Å². The summed E-state index contributed by atoms with van der Waals surface area (Å²) in [6, 6.07) is 8.87. The highest BCUT2D eigenvalue weighted by Gasteiger charge is 2.09. The average molecular weight is 229 g/mol. The third-order valence-corrected chi connectivity index (χ3v) is 2.77. The Morgan fingerprint density at radius 1 is 1.27 bits per heavy atom. The first-order valence-electron chi connectivity index (χ1n) is 4.79. The van der Waals surface area contributed by atoms with E-state index in [0.29, 0.717) is 12.3 Å². The van der Waals surface area contributed by atoms with E-state index in [0.717, 1.165) is 6.42 Å². The average Bonchev–Trinajstić information content (AvgIpc) is 2.25. The highest BCUT2D eigenvalue weighted by Crippen LogP contribution is 2.08. The second-order valence-electron chi connectivity index (χ2n) is 3.08. The van der Waals surface area contributed by atoms with Gasteiger partial charge in [0.25, 0.3) is 0 Å². The van der Waals surface area contributed by atoms with E-state index in [1.54, 1.807) is 24.3 Å². The number of nitrogens with one attached hydrogen (secondary N) is 1. The van der Waals surface area contributed by atoms with Gasteiger partial charge in [0.1, 0.15) is 5.75 Å². The highest BCUT2D eigenvalue weighted by atomic mass is 32.2. The van der Waals surface area contributed by atoms with Crippen LogP contribution in [0.15, 0.2) is 30.3 Å². The maximum Gasteiger partial charge on any atom is 0.246 e. The molecule has 0 fully saturated rings. The maximum atomic E-state index is 11.3. The number of hydrogen-bond acceptors (Lipinski definition) is 3. The smallest absolute Gasteiger partial charge is 0.246 e. The minimum Gasteiger partial charge on any atom is -0.476 e. The first-order valence-corrected chi connectivity index (χ1v) is 6.44. The summed E-state index contributed by atoms with van der Waals surface area (Å²) in [6.07, 6.45) is 0.768. The second kappa shape index (κ2) is 5.72. The number of benzene rings is 1. The fourth-order valence-electron chi connectivity index (χ4n) is 0.962. The summed E-state index contributed by atoms with van der Waals surface area (Å²) in [4.78, 5) is 0. The zero-order valence-electron chi connectivity index (χ0n) is 8.64. The lowest BCUT2D eigenvalue weighted by atomic mass is 10.3. The molecule has 1 rings (SSSR count). The summed E-state index contributed by atoms with van der Waals surface area (Å²) in [5.41, 5.74) is 0. The molecule has 1 aromatic carbocycles. The molecule has 1 aromatic rings. The molecule has 5 heteroatoms. The van der Waals surface area contributed by atoms with E-state index in [9.17, 15) is 8.42 Å². The summed E-state index contributed by atoms with van der Waals surface area (Å²) in [5.74, 6) is 0.219. The van der Waals surface area contributed by atoms with Crippen LogP contribution in [0.1, 0.15) is 13.3 Å². The molecule has 0 aliphatic rings. The first kappa shape index (κ1) is 12.0. The molecule has 4 nitrogen and oxygen atoms in total. The molecule has 15 heavy (non-hydrogen) atoms. The first-order chi connectivity index (χ1) is 7.14. The molecule has 0 unspecified atom stereocenters. The molecule has 0 aliphatic heterocycles. The predicted octanol–water partition coefficient (Wildman–Crippen LogP) is 1.35. The Morgan fingerprint density at radius 2 is 1.93 bits per heavy atom. The van der Waals surface area contributed by atoms with Gasteiger partial charge in [0.05, 0.1) is 0 Å². The normalized spacial score (nSPS) is 11.3. The van der Waals surface area contributed by atoms with E-state index in [2.05, 4.69) is 4.72 Å². The second-order valence-corrected chi connectivity index (χ2v) is 4.84.